The molecule has 0 saturated carbocycles. The first kappa shape index (κ1) is 12.6. The molecule has 0 bridgehead atoms. The lowest BCUT2D eigenvalue weighted by atomic mass is 10.2. The molecule has 4 heteroatoms. The monoisotopic (exact) mass is 234 g/mol. The molecular weight excluding hydrogens is 220 g/mol. The maximum absolute atomic E-state index is 11.6. The second-order valence-corrected chi connectivity index (χ2v) is 6.24. The number of rotatable bonds is 2. The van der Waals surface area contributed by atoms with Crippen molar-refractivity contribution in [3.8, 4) is 0 Å². The summed E-state index contributed by atoms with van der Waals surface area (Å²) in [5, 5.41) is 0. The highest BCUT2D eigenvalue weighted by molar-refractivity contribution is 7.85. The van der Waals surface area contributed by atoms with Crippen molar-refractivity contribution in [1.82, 2.24) is 0 Å². The maximum atomic E-state index is 11.6. The summed E-state index contributed by atoms with van der Waals surface area (Å²) in [6.07, 6.45) is 1.55. The first-order valence-electron chi connectivity index (χ1n) is 4.87. The van der Waals surface area contributed by atoms with Gasteiger partial charge in [-0.2, -0.15) is 4.40 Å². The Morgan fingerprint density at radius 3 is 2.69 bits per heavy atom. The number of nitrogens with zero attached hydrogens (tertiary/aromatic N) is 2. The largest absolute Gasteiger partial charge is 0.238 e. The molecule has 1 rings (SSSR count). The van der Waals surface area contributed by atoms with Crippen molar-refractivity contribution in [3.05, 3.63) is 41.2 Å². The van der Waals surface area contributed by atoms with E-state index in [9.17, 15) is 4.21 Å². The van der Waals surface area contributed by atoms with Crippen molar-refractivity contribution < 1.29 is 4.21 Å². The zero-order chi connectivity index (χ0) is 12.2. The molecule has 1 atom stereocenters. The van der Waals surface area contributed by atoms with Gasteiger partial charge in [-0.05, 0) is 32.4 Å². The molecule has 0 amide bonds. The van der Waals surface area contributed by atoms with Crippen molar-refractivity contribution in [1.29, 1.82) is 0 Å². The Hall–Kier alpha value is -1.47. The molecule has 0 radical (unpaired) electrons. The lowest BCUT2D eigenvalue weighted by Crippen LogP contribution is -2.19. The molecule has 0 spiro atoms. The predicted molar refractivity (Wildman–Crippen MR) is 68.2 cm³/mol. The van der Waals surface area contributed by atoms with Crippen LogP contribution in [0.5, 0.6) is 0 Å². The summed E-state index contributed by atoms with van der Waals surface area (Å²) >= 11 is 0. The lowest BCUT2D eigenvalue weighted by Gasteiger charge is -2.12. The van der Waals surface area contributed by atoms with Gasteiger partial charge in [0.25, 0.3) is 0 Å². The Labute approximate surface area is 98.6 Å². The van der Waals surface area contributed by atoms with E-state index < -0.39 is 11.0 Å². The van der Waals surface area contributed by atoms with Crippen LogP contribution in [0.4, 0.5) is 5.69 Å². The van der Waals surface area contributed by atoms with E-state index in [1.54, 1.807) is 24.4 Å². The van der Waals surface area contributed by atoms with E-state index in [0.717, 1.165) is 5.56 Å². The van der Waals surface area contributed by atoms with Crippen LogP contribution < -0.4 is 0 Å². The van der Waals surface area contributed by atoms with E-state index >= 15 is 0 Å². The van der Waals surface area contributed by atoms with E-state index in [1.165, 1.54) is 0 Å². The molecule has 3 nitrogen and oxygen atoms in total. The fourth-order valence-electron chi connectivity index (χ4n) is 0.941. The third kappa shape index (κ3) is 3.59. The van der Waals surface area contributed by atoms with Crippen LogP contribution in [0, 0.1) is 6.57 Å². The SMILES string of the molecule is [C-]#[N+]c1cccc(C=N[S@](=O)C(C)(C)C)c1. The quantitative estimate of drug-likeness (QED) is 0.572. The first-order chi connectivity index (χ1) is 7.43. The van der Waals surface area contributed by atoms with Crippen LogP contribution in [0.25, 0.3) is 4.85 Å². The topological polar surface area (TPSA) is 33.8 Å². The van der Waals surface area contributed by atoms with Crippen molar-refractivity contribution >= 4 is 22.9 Å². The Morgan fingerprint density at radius 1 is 1.44 bits per heavy atom. The van der Waals surface area contributed by atoms with Crippen molar-refractivity contribution in [2.24, 2.45) is 4.40 Å². The van der Waals surface area contributed by atoms with Gasteiger partial charge in [0.15, 0.2) is 5.69 Å². The van der Waals surface area contributed by atoms with Crippen molar-refractivity contribution in [3.63, 3.8) is 0 Å². The molecule has 0 aromatic heterocycles. The normalized spacial score (nSPS) is 13.6. The van der Waals surface area contributed by atoms with Crippen molar-refractivity contribution in [2.75, 3.05) is 0 Å². The average molecular weight is 234 g/mol. The van der Waals surface area contributed by atoms with Gasteiger partial charge in [-0.25, -0.2) is 9.05 Å². The van der Waals surface area contributed by atoms with Gasteiger partial charge >= 0.3 is 0 Å². The number of benzene rings is 1. The molecule has 0 aliphatic heterocycles. The summed E-state index contributed by atoms with van der Waals surface area (Å²) < 4.78 is 15.3. The molecule has 16 heavy (non-hydrogen) atoms. The molecule has 84 valence electrons. The molecule has 0 heterocycles. The minimum absolute atomic E-state index is 0.353. The highest BCUT2D eigenvalue weighted by Gasteiger charge is 2.17. The Bertz CT molecular complexity index is 467. The van der Waals surface area contributed by atoms with E-state index in [0.29, 0.717) is 5.69 Å². The lowest BCUT2D eigenvalue weighted by molar-refractivity contribution is 0.651. The molecular formula is C12H14N2OS. The molecule has 0 unspecified atom stereocenters. The molecule has 0 aliphatic rings. The van der Waals surface area contributed by atoms with Gasteiger partial charge in [-0.1, -0.05) is 18.2 Å². The summed E-state index contributed by atoms with van der Waals surface area (Å²) in [5.74, 6) is 0. The predicted octanol–water partition coefficient (Wildman–Crippen LogP) is 3.12. The minimum Gasteiger partial charge on any atom is -0.238 e. The van der Waals surface area contributed by atoms with Crippen LogP contribution in [0.2, 0.25) is 0 Å². The molecule has 0 N–H and O–H groups in total. The molecule has 0 fully saturated rings. The molecule has 1 aromatic rings. The fourth-order valence-corrected chi connectivity index (χ4v) is 1.48. The van der Waals surface area contributed by atoms with E-state index in [2.05, 4.69) is 9.24 Å². The van der Waals surface area contributed by atoms with Crippen LogP contribution in [0.3, 0.4) is 0 Å². The third-order valence-corrected chi connectivity index (χ3v) is 3.17. The number of hydrogen-bond donors (Lipinski definition) is 0. The summed E-state index contributed by atoms with van der Waals surface area (Å²) in [6, 6.07) is 7.06. The second kappa shape index (κ2) is 5.04. The van der Waals surface area contributed by atoms with E-state index in [1.807, 2.05) is 26.8 Å². The molecule has 1 aromatic carbocycles. The van der Waals surface area contributed by atoms with Gasteiger partial charge in [0, 0.05) is 6.21 Å². The van der Waals surface area contributed by atoms with Crippen LogP contribution in [0.1, 0.15) is 26.3 Å². The fraction of sp³-hybridized carbons (Fsp3) is 0.333. The second-order valence-electron chi connectivity index (χ2n) is 4.30. The smallest absolute Gasteiger partial charge is 0.187 e. The Kier molecular flexibility index (Phi) is 3.97. The zero-order valence-electron chi connectivity index (χ0n) is 9.60. The zero-order valence-corrected chi connectivity index (χ0v) is 10.4. The summed E-state index contributed by atoms with van der Waals surface area (Å²) in [6.45, 7) is 12.5. The van der Waals surface area contributed by atoms with Crippen LogP contribution in [-0.2, 0) is 11.0 Å². The average Bonchev–Trinajstić information content (AvgIpc) is 2.25. The van der Waals surface area contributed by atoms with E-state index in [-0.39, 0.29) is 4.75 Å². The number of hydrogen-bond acceptors (Lipinski definition) is 1. The van der Waals surface area contributed by atoms with Crippen molar-refractivity contribution in [2.45, 2.75) is 25.5 Å². The molecule has 0 saturated heterocycles. The summed E-state index contributed by atoms with van der Waals surface area (Å²) in [5.41, 5.74) is 1.36. The van der Waals surface area contributed by atoms with Gasteiger partial charge in [0.2, 0.25) is 0 Å². The summed E-state index contributed by atoms with van der Waals surface area (Å²) in [7, 11) is -1.25. The highest BCUT2D eigenvalue weighted by atomic mass is 32.2. The Morgan fingerprint density at radius 2 is 2.12 bits per heavy atom. The van der Waals surface area contributed by atoms with Crippen LogP contribution in [-0.4, -0.2) is 15.2 Å². The van der Waals surface area contributed by atoms with Gasteiger partial charge in [0.1, 0.15) is 11.0 Å². The standard InChI is InChI=1S/C12H14N2OS/c1-12(2,3)16(15)14-9-10-6-5-7-11(8-10)13-4/h5-9H,1-3H3/t16-/m1/s1. The van der Waals surface area contributed by atoms with Gasteiger partial charge in [0.05, 0.1) is 11.3 Å². The van der Waals surface area contributed by atoms with Crippen LogP contribution in [0.15, 0.2) is 28.7 Å². The first-order valence-corrected chi connectivity index (χ1v) is 5.98. The molecule has 0 aliphatic carbocycles. The third-order valence-electron chi connectivity index (χ3n) is 1.82. The Balaban J connectivity index is 2.85. The maximum Gasteiger partial charge on any atom is 0.187 e. The van der Waals surface area contributed by atoms with Gasteiger partial charge < -0.3 is 0 Å². The summed E-state index contributed by atoms with van der Waals surface area (Å²) in [4.78, 5) is 3.32. The van der Waals surface area contributed by atoms with E-state index in [4.69, 9.17) is 6.57 Å². The minimum atomic E-state index is -1.25. The van der Waals surface area contributed by atoms with Crippen LogP contribution >= 0.6 is 0 Å². The highest BCUT2D eigenvalue weighted by Crippen LogP contribution is 2.14. The van der Waals surface area contributed by atoms with Gasteiger partial charge in [-0.15, -0.1) is 0 Å². The van der Waals surface area contributed by atoms with Gasteiger partial charge in [-0.3, -0.25) is 0 Å².